The van der Waals surface area contributed by atoms with E-state index in [2.05, 4.69) is 78.6 Å². The highest BCUT2D eigenvalue weighted by Gasteiger charge is 2.29. The Hall–Kier alpha value is -0.920. The molecule has 1 aromatic heterocycles. The standard InChI is InChI=1S/C16H28N2/c1-14(2,3)11-10-12(15(4,5)6)17-18-13(11)16(7,8)9/h10H,1-9H3. The summed E-state index contributed by atoms with van der Waals surface area (Å²) in [5.41, 5.74) is 3.67. The third-order valence-corrected chi connectivity index (χ3v) is 3.08. The van der Waals surface area contributed by atoms with E-state index < -0.39 is 0 Å². The van der Waals surface area contributed by atoms with E-state index in [1.165, 1.54) is 5.56 Å². The average Bonchev–Trinajstić information content (AvgIpc) is 2.12. The van der Waals surface area contributed by atoms with Gasteiger partial charge in [-0.25, -0.2) is 0 Å². The molecule has 2 nitrogen and oxygen atoms in total. The molecule has 0 aromatic carbocycles. The van der Waals surface area contributed by atoms with Crippen LogP contribution in [0.4, 0.5) is 0 Å². The molecule has 0 amide bonds. The van der Waals surface area contributed by atoms with E-state index >= 15 is 0 Å². The molecule has 0 fully saturated rings. The van der Waals surface area contributed by atoms with Gasteiger partial charge >= 0.3 is 0 Å². The minimum atomic E-state index is 0.0338. The van der Waals surface area contributed by atoms with E-state index in [1.54, 1.807) is 0 Å². The number of hydrogen-bond acceptors (Lipinski definition) is 2. The summed E-state index contributed by atoms with van der Waals surface area (Å²) in [7, 11) is 0. The first-order valence-corrected chi connectivity index (χ1v) is 6.72. The Morgan fingerprint density at radius 3 is 1.50 bits per heavy atom. The fourth-order valence-corrected chi connectivity index (χ4v) is 1.88. The fourth-order valence-electron chi connectivity index (χ4n) is 1.88. The summed E-state index contributed by atoms with van der Waals surface area (Å²) in [6, 6.07) is 2.24. The zero-order chi connectivity index (χ0) is 14.4. The molecule has 0 saturated heterocycles. The zero-order valence-corrected chi connectivity index (χ0v) is 13.5. The van der Waals surface area contributed by atoms with E-state index in [0.717, 1.165) is 11.4 Å². The first-order valence-electron chi connectivity index (χ1n) is 6.72. The van der Waals surface area contributed by atoms with Crippen molar-refractivity contribution >= 4 is 0 Å². The van der Waals surface area contributed by atoms with Gasteiger partial charge in [-0.05, 0) is 17.0 Å². The van der Waals surface area contributed by atoms with Crippen molar-refractivity contribution in [3.05, 3.63) is 23.0 Å². The Kier molecular flexibility index (Phi) is 3.64. The highest BCUT2D eigenvalue weighted by molar-refractivity contribution is 5.34. The maximum atomic E-state index is 4.53. The molecule has 102 valence electrons. The molecule has 0 aliphatic rings. The van der Waals surface area contributed by atoms with Gasteiger partial charge in [0.05, 0.1) is 11.4 Å². The van der Waals surface area contributed by atoms with Crippen molar-refractivity contribution in [1.82, 2.24) is 10.2 Å². The summed E-state index contributed by atoms with van der Waals surface area (Å²) in [6.07, 6.45) is 0. The second-order valence-corrected chi connectivity index (χ2v) is 8.24. The van der Waals surface area contributed by atoms with E-state index in [-0.39, 0.29) is 16.2 Å². The molecule has 2 heteroatoms. The van der Waals surface area contributed by atoms with Crippen LogP contribution in [-0.2, 0) is 16.2 Å². The minimum Gasteiger partial charge on any atom is -0.155 e. The van der Waals surface area contributed by atoms with E-state index in [1.807, 2.05) is 0 Å². The van der Waals surface area contributed by atoms with Gasteiger partial charge in [0.2, 0.25) is 0 Å². The summed E-state index contributed by atoms with van der Waals surface area (Å²) in [6.45, 7) is 19.9. The van der Waals surface area contributed by atoms with Gasteiger partial charge in [-0.2, -0.15) is 10.2 Å². The van der Waals surface area contributed by atoms with Crippen molar-refractivity contribution in [2.75, 3.05) is 0 Å². The monoisotopic (exact) mass is 248 g/mol. The predicted octanol–water partition coefficient (Wildman–Crippen LogP) is 4.37. The maximum Gasteiger partial charge on any atom is 0.0721 e. The first-order chi connectivity index (χ1) is 7.83. The quantitative estimate of drug-likeness (QED) is 0.681. The molecule has 0 aliphatic heterocycles. The van der Waals surface area contributed by atoms with Gasteiger partial charge in [-0.1, -0.05) is 62.3 Å². The predicted molar refractivity (Wildman–Crippen MR) is 78.1 cm³/mol. The molecule has 0 unspecified atom stereocenters. The fraction of sp³-hybridized carbons (Fsp3) is 0.750. The Morgan fingerprint density at radius 2 is 1.17 bits per heavy atom. The number of hydrogen-bond donors (Lipinski definition) is 0. The lowest BCUT2D eigenvalue weighted by Gasteiger charge is -2.30. The van der Waals surface area contributed by atoms with E-state index in [4.69, 9.17) is 0 Å². The molecule has 1 heterocycles. The van der Waals surface area contributed by atoms with E-state index in [9.17, 15) is 0 Å². The lowest BCUT2D eigenvalue weighted by molar-refractivity contribution is 0.486. The molecule has 0 N–H and O–H groups in total. The van der Waals surface area contributed by atoms with Crippen LogP contribution in [0.15, 0.2) is 6.07 Å². The normalized spacial score (nSPS) is 13.8. The summed E-state index contributed by atoms with van der Waals surface area (Å²) >= 11 is 0. The summed E-state index contributed by atoms with van der Waals surface area (Å²) in [5.74, 6) is 0. The lowest BCUT2D eigenvalue weighted by Crippen LogP contribution is -2.27. The molecule has 0 spiro atoms. The van der Waals surface area contributed by atoms with Crippen LogP contribution in [0.5, 0.6) is 0 Å². The molecular formula is C16H28N2. The van der Waals surface area contributed by atoms with Crippen LogP contribution >= 0.6 is 0 Å². The van der Waals surface area contributed by atoms with Crippen LogP contribution in [0.25, 0.3) is 0 Å². The molecule has 0 aliphatic carbocycles. The van der Waals surface area contributed by atoms with Crippen LogP contribution in [0.3, 0.4) is 0 Å². The molecule has 0 bridgehead atoms. The highest BCUT2D eigenvalue weighted by atomic mass is 15.1. The molecule has 18 heavy (non-hydrogen) atoms. The SMILES string of the molecule is CC(C)(C)c1cc(C(C)(C)C)c(C(C)(C)C)nn1. The first kappa shape index (κ1) is 15.1. The maximum absolute atomic E-state index is 4.53. The third kappa shape index (κ3) is 3.30. The molecule has 0 saturated carbocycles. The number of nitrogens with zero attached hydrogens (tertiary/aromatic N) is 2. The van der Waals surface area contributed by atoms with Crippen molar-refractivity contribution in [1.29, 1.82) is 0 Å². The number of aromatic nitrogens is 2. The Labute approximate surface area is 112 Å². The molecule has 1 rings (SSSR count). The van der Waals surface area contributed by atoms with Gasteiger partial charge in [0.15, 0.2) is 0 Å². The van der Waals surface area contributed by atoms with Crippen molar-refractivity contribution in [3.8, 4) is 0 Å². The topological polar surface area (TPSA) is 25.8 Å². The van der Waals surface area contributed by atoms with Crippen molar-refractivity contribution < 1.29 is 0 Å². The highest BCUT2D eigenvalue weighted by Crippen LogP contribution is 2.34. The van der Waals surface area contributed by atoms with Gasteiger partial charge in [0.25, 0.3) is 0 Å². The van der Waals surface area contributed by atoms with Gasteiger partial charge in [0, 0.05) is 10.8 Å². The third-order valence-electron chi connectivity index (χ3n) is 3.08. The smallest absolute Gasteiger partial charge is 0.0721 e. The van der Waals surface area contributed by atoms with Crippen molar-refractivity contribution in [3.63, 3.8) is 0 Å². The van der Waals surface area contributed by atoms with Gasteiger partial charge in [-0.15, -0.1) is 0 Å². The van der Waals surface area contributed by atoms with Gasteiger partial charge in [0.1, 0.15) is 0 Å². The molecule has 0 radical (unpaired) electrons. The average molecular weight is 248 g/mol. The van der Waals surface area contributed by atoms with Crippen LogP contribution in [0.1, 0.15) is 79.3 Å². The molecule has 0 atom stereocenters. The Bertz CT molecular complexity index is 426. The van der Waals surface area contributed by atoms with Crippen molar-refractivity contribution in [2.45, 2.75) is 78.6 Å². The van der Waals surface area contributed by atoms with Crippen molar-refractivity contribution in [2.24, 2.45) is 0 Å². The molecule has 1 aromatic rings. The Morgan fingerprint density at radius 1 is 0.667 bits per heavy atom. The van der Waals surface area contributed by atoms with E-state index in [0.29, 0.717) is 0 Å². The molecular weight excluding hydrogens is 220 g/mol. The van der Waals surface area contributed by atoms with Crippen LogP contribution in [0.2, 0.25) is 0 Å². The van der Waals surface area contributed by atoms with Gasteiger partial charge in [-0.3, -0.25) is 0 Å². The number of rotatable bonds is 0. The summed E-state index contributed by atoms with van der Waals surface area (Å²) in [5, 5.41) is 8.97. The second kappa shape index (κ2) is 4.32. The Balaban J connectivity index is 3.50. The van der Waals surface area contributed by atoms with Crippen LogP contribution in [0, 0.1) is 0 Å². The summed E-state index contributed by atoms with van der Waals surface area (Å²) < 4.78 is 0. The largest absolute Gasteiger partial charge is 0.155 e. The summed E-state index contributed by atoms with van der Waals surface area (Å²) in [4.78, 5) is 0. The van der Waals surface area contributed by atoms with Gasteiger partial charge < -0.3 is 0 Å². The van der Waals surface area contributed by atoms with Crippen LogP contribution in [-0.4, -0.2) is 10.2 Å². The zero-order valence-electron chi connectivity index (χ0n) is 13.5. The lowest BCUT2D eigenvalue weighted by atomic mass is 9.77. The minimum absolute atomic E-state index is 0.0338. The van der Waals surface area contributed by atoms with Crippen LogP contribution < -0.4 is 0 Å². The second-order valence-electron chi connectivity index (χ2n) is 8.24.